The van der Waals surface area contributed by atoms with Crippen LogP contribution in [0.15, 0.2) is 188 Å². The highest BCUT2D eigenvalue weighted by Gasteiger charge is 2.18. The molecule has 0 amide bonds. The number of para-hydroxylation sites is 3. The van der Waals surface area contributed by atoms with E-state index < -0.39 is 0 Å². The lowest BCUT2D eigenvalue weighted by Gasteiger charge is -2.12. The van der Waals surface area contributed by atoms with Gasteiger partial charge in [-0.2, -0.15) is 0 Å². The van der Waals surface area contributed by atoms with Crippen molar-refractivity contribution in [1.82, 2.24) is 9.13 Å². The lowest BCUT2D eigenvalue weighted by molar-refractivity contribution is 0.901. The van der Waals surface area contributed by atoms with Gasteiger partial charge in [-0.25, -0.2) is 0 Å². The maximum absolute atomic E-state index is 6.68. The summed E-state index contributed by atoms with van der Waals surface area (Å²) in [5.41, 5.74) is 16.7. The van der Waals surface area contributed by atoms with Crippen LogP contribution in [0.4, 0.5) is 0 Å². The van der Waals surface area contributed by atoms with Gasteiger partial charge in [0.15, 0.2) is 0 Å². The SMILES string of the molecule is N/C(=C\C(=C/Cn1c2ccccc2c2c3ccc4c(ccc5c6ccccc6n(-c6ccccc6)c45)c3ccc21)c1ccccc1)c1ccccc1. The molecule has 10 aromatic rings. The molecule has 0 aliphatic carbocycles. The van der Waals surface area contributed by atoms with Crippen molar-refractivity contribution >= 4 is 76.4 Å². The molecular formula is C49H35N3. The first-order valence-corrected chi connectivity index (χ1v) is 17.9. The van der Waals surface area contributed by atoms with Crippen LogP contribution in [0.5, 0.6) is 0 Å². The second kappa shape index (κ2) is 12.2. The van der Waals surface area contributed by atoms with Gasteiger partial charge >= 0.3 is 0 Å². The maximum Gasteiger partial charge on any atom is 0.0619 e. The van der Waals surface area contributed by atoms with Gasteiger partial charge in [0.2, 0.25) is 0 Å². The number of nitrogens with zero attached hydrogens (tertiary/aromatic N) is 2. The van der Waals surface area contributed by atoms with E-state index in [0.29, 0.717) is 6.54 Å². The molecule has 3 heteroatoms. The Balaban J connectivity index is 1.19. The fraction of sp³-hybridized carbons (Fsp3) is 0.0204. The van der Waals surface area contributed by atoms with Crippen LogP contribution in [0.1, 0.15) is 11.1 Å². The van der Waals surface area contributed by atoms with E-state index in [0.717, 1.165) is 22.4 Å². The van der Waals surface area contributed by atoms with Gasteiger partial charge in [-0.3, -0.25) is 0 Å². The van der Waals surface area contributed by atoms with Gasteiger partial charge < -0.3 is 14.9 Å². The predicted molar refractivity (Wildman–Crippen MR) is 222 cm³/mol. The third-order valence-corrected chi connectivity index (χ3v) is 10.6. The van der Waals surface area contributed by atoms with Crippen molar-refractivity contribution in [2.75, 3.05) is 0 Å². The molecule has 246 valence electrons. The highest BCUT2D eigenvalue weighted by atomic mass is 15.0. The summed E-state index contributed by atoms with van der Waals surface area (Å²) in [5.74, 6) is 0. The predicted octanol–water partition coefficient (Wildman–Crippen LogP) is 12.3. The van der Waals surface area contributed by atoms with E-state index in [9.17, 15) is 0 Å². The maximum atomic E-state index is 6.68. The van der Waals surface area contributed by atoms with Crippen molar-refractivity contribution in [3.8, 4) is 5.69 Å². The van der Waals surface area contributed by atoms with Crippen LogP contribution in [0.3, 0.4) is 0 Å². The number of hydrogen-bond acceptors (Lipinski definition) is 1. The van der Waals surface area contributed by atoms with Gasteiger partial charge in [0, 0.05) is 50.4 Å². The molecule has 0 saturated carbocycles. The lowest BCUT2D eigenvalue weighted by atomic mass is 9.96. The van der Waals surface area contributed by atoms with Crippen LogP contribution in [0.2, 0.25) is 0 Å². The van der Waals surface area contributed by atoms with Crippen molar-refractivity contribution in [2.45, 2.75) is 6.54 Å². The first kappa shape index (κ1) is 30.0. The average Bonchev–Trinajstić information content (AvgIpc) is 3.73. The average molecular weight is 666 g/mol. The van der Waals surface area contributed by atoms with Crippen LogP contribution in [0, 0.1) is 0 Å². The largest absolute Gasteiger partial charge is 0.398 e. The Labute approximate surface area is 301 Å². The van der Waals surface area contributed by atoms with Crippen LogP contribution in [-0.2, 0) is 6.54 Å². The number of allylic oxidation sites excluding steroid dienone is 3. The van der Waals surface area contributed by atoms with Gasteiger partial charge in [0.05, 0.1) is 16.6 Å². The molecule has 0 radical (unpaired) electrons. The molecule has 10 rings (SSSR count). The molecule has 0 saturated heterocycles. The van der Waals surface area contributed by atoms with E-state index in [1.54, 1.807) is 0 Å². The van der Waals surface area contributed by atoms with Gasteiger partial charge in [0.1, 0.15) is 0 Å². The number of fused-ring (bicyclic) bond motifs is 11. The molecule has 3 nitrogen and oxygen atoms in total. The Hall–Kier alpha value is -6.84. The minimum atomic E-state index is 0.698. The number of rotatable bonds is 6. The smallest absolute Gasteiger partial charge is 0.0619 e. The molecule has 0 spiro atoms. The normalized spacial score (nSPS) is 12.6. The topological polar surface area (TPSA) is 35.9 Å². The zero-order chi connectivity index (χ0) is 34.6. The number of benzene rings is 8. The van der Waals surface area contributed by atoms with Crippen molar-refractivity contribution in [1.29, 1.82) is 0 Å². The second-order valence-electron chi connectivity index (χ2n) is 13.5. The summed E-state index contributed by atoms with van der Waals surface area (Å²) in [5, 5.41) is 10.1. The minimum Gasteiger partial charge on any atom is -0.398 e. The summed E-state index contributed by atoms with van der Waals surface area (Å²) in [7, 11) is 0. The van der Waals surface area contributed by atoms with E-state index in [1.165, 1.54) is 70.8 Å². The first-order valence-electron chi connectivity index (χ1n) is 17.9. The fourth-order valence-electron chi connectivity index (χ4n) is 8.23. The Morgan fingerprint density at radius 1 is 0.442 bits per heavy atom. The molecule has 2 N–H and O–H groups in total. The molecule has 0 fully saturated rings. The van der Waals surface area contributed by atoms with Crippen LogP contribution in [-0.4, -0.2) is 9.13 Å². The summed E-state index contributed by atoms with van der Waals surface area (Å²) in [6, 6.07) is 63.0. The Kier molecular flexibility index (Phi) is 7.04. The van der Waals surface area contributed by atoms with Crippen molar-refractivity contribution in [3.63, 3.8) is 0 Å². The molecule has 2 heterocycles. The van der Waals surface area contributed by atoms with Gasteiger partial charge in [-0.05, 0) is 69.3 Å². The number of hydrogen-bond donors (Lipinski definition) is 1. The minimum absolute atomic E-state index is 0.698. The highest BCUT2D eigenvalue weighted by molar-refractivity contribution is 6.28. The van der Waals surface area contributed by atoms with E-state index in [-0.39, 0.29) is 0 Å². The third kappa shape index (κ3) is 4.74. The summed E-state index contributed by atoms with van der Waals surface area (Å²) in [6.45, 7) is 0.698. The molecule has 0 aliphatic heterocycles. The zero-order valence-electron chi connectivity index (χ0n) is 28.6. The van der Waals surface area contributed by atoms with Crippen LogP contribution < -0.4 is 5.73 Å². The van der Waals surface area contributed by atoms with Crippen LogP contribution >= 0.6 is 0 Å². The van der Waals surface area contributed by atoms with Crippen molar-refractivity contribution < 1.29 is 0 Å². The molecule has 0 unspecified atom stereocenters. The van der Waals surface area contributed by atoms with E-state index in [4.69, 9.17) is 5.73 Å². The summed E-state index contributed by atoms with van der Waals surface area (Å²) in [6.07, 6.45) is 4.41. The molecule has 0 bridgehead atoms. The monoisotopic (exact) mass is 665 g/mol. The molecule has 2 aromatic heterocycles. The highest BCUT2D eigenvalue weighted by Crippen LogP contribution is 2.42. The number of aromatic nitrogens is 2. The quantitative estimate of drug-likeness (QED) is 0.139. The molecule has 0 aliphatic rings. The molecular weight excluding hydrogens is 631 g/mol. The van der Waals surface area contributed by atoms with E-state index in [1.807, 2.05) is 18.2 Å². The third-order valence-electron chi connectivity index (χ3n) is 10.6. The zero-order valence-corrected chi connectivity index (χ0v) is 28.6. The Bertz CT molecular complexity index is 3020. The van der Waals surface area contributed by atoms with Crippen molar-refractivity contribution in [3.05, 3.63) is 199 Å². The Morgan fingerprint density at radius 3 is 1.73 bits per heavy atom. The fourth-order valence-corrected chi connectivity index (χ4v) is 8.23. The van der Waals surface area contributed by atoms with Gasteiger partial charge in [0.25, 0.3) is 0 Å². The van der Waals surface area contributed by atoms with Crippen molar-refractivity contribution in [2.24, 2.45) is 5.73 Å². The summed E-state index contributed by atoms with van der Waals surface area (Å²) in [4.78, 5) is 0. The van der Waals surface area contributed by atoms with E-state index >= 15 is 0 Å². The van der Waals surface area contributed by atoms with Gasteiger partial charge in [-0.1, -0.05) is 152 Å². The first-order chi connectivity index (χ1) is 25.7. The lowest BCUT2D eigenvalue weighted by Crippen LogP contribution is -1.99. The Morgan fingerprint density at radius 2 is 0.981 bits per heavy atom. The summed E-state index contributed by atoms with van der Waals surface area (Å²) >= 11 is 0. The standard InChI is InChI=1S/C49H35N3/c50-44(34-16-6-2-7-17-34)32-35(33-14-4-1-5-15-33)30-31-51-45-22-12-11-21-43(45)48-40-25-27-41-38(37(40)28-29-47(48)51)24-26-42-39-20-10-13-23-46(39)52(49(41)42)36-18-8-3-9-19-36/h1-30,32H,31,50H2/b35-30+,44-32-. The summed E-state index contributed by atoms with van der Waals surface area (Å²) < 4.78 is 4.87. The number of nitrogens with two attached hydrogens (primary N) is 1. The molecule has 8 aromatic carbocycles. The van der Waals surface area contributed by atoms with Crippen LogP contribution in [0.25, 0.3) is 82.1 Å². The van der Waals surface area contributed by atoms with E-state index in [2.05, 4.69) is 179 Å². The molecule has 0 atom stereocenters. The van der Waals surface area contributed by atoms with Gasteiger partial charge in [-0.15, -0.1) is 0 Å². The second-order valence-corrected chi connectivity index (χ2v) is 13.5. The molecule has 52 heavy (non-hydrogen) atoms.